The first-order valence-electron chi connectivity index (χ1n) is 10.6. The van der Waals surface area contributed by atoms with Gasteiger partial charge in [-0.15, -0.1) is 0 Å². The molecule has 1 heterocycles. The summed E-state index contributed by atoms with van der Waals surface area (Å²) < 4.78 is 17.1. The number of benzene rings is 2. The zero-order valence-electron chi connectivity index (χ0n) is 19.2. The van der Waals surface area contributed by atoms with E-state index in [0.29, 0.717) is 32.1 Å². The third-order valence-electron chi connectivity index (χ3n) is 5.01. The predicted molar refractivity (Wildman–Crippen MR) is 133 cm³/mol. The van der Waals surface area contributed by atoms with Crippen LogP contribution in [-0.4, -0.2) is 39.0 Å². The number of hydrogen-bond acceptors (Lipinski definition) is 5. The van der Waals surface area contributed by atoms with E-state index in [0.717, 1.165) is 0 Å². The second-order valence-corrected chi connectivity index (χ2v) is 13.8. The van der Waals surface area contributed by atoms with Gasteiger partial charge in [0, 0.05) is 21.5 Å². The average Bonchev–Trinajstić information content (AvgIpc) is 3.13. The zero-order chi connectivity index (χ0) is 24.3. The van der Waals surface area contributed by atoms with Crippen molar-refractivity contribution in [2.75, 3.05) is 13.7 Å². The van der Waals surface area contributed by atoms with Crippen molar-refractivity contribution in [2.45, 2.75) is 38.6 Å². The molecular weight excluding hydrogens is 481 g/mol. The van der Waals surface area contributed by atoms with E-state index >= 15 is 0 Å². The van der Waals surface area contributed by atoms with E-state index in [1.807, 2.05) is 50.0 Å². The van der Waals surface area contributed by atoms with E-state index in [1.165, 1.54) is 7.11 Å². The number of rotatable bonds is 8. The largest absolute Gasteiger partial charge is 0.468 e. The van der Waals surface area contributed by atoms with Gasteiger partial charge in [-0.05, 0) is 44.3 Å². The lowest BCUT2D eigenvalue weighted by atomic mass is 9.87. The summed E-state index contributed by atoms with van der Waals surface area (Å²) in [6.45, 7) is 7.94. The van der Waals surface area contributed by atoms with Crippen molar-refractivity contribution in [3.63, 3.8) is 0 Å². The Kier molecular flexibility index (Phi) is 7.90. The number of hydrogen-bond donors (Lipinski definition) is 1. The molecule has 0 amide bonds. The highest BCUT2D eigenvalue weighted by Gasteiger charge is 2.40. The molecule has 0 radical (unpaired) electrons. The number of H-pyrrole nitrogens is 1. The van der Waals surface area contributed by atoms with E-state index in [1.54, 1.807) is 19.1 Å². The van der Waals surface area contributed by atoms with Crippen LogP contribution < -0.4 is 0 Å². The number of carbonyl (C=O) groups excluding carboxylic acids is 2. The normalized spacial score (nSPS) is 13.5. The summed E-state index contributed by atoms with van der Waals surface area (Å²) in [4.78, 5) is 29.3. The second-order valence-electron chi connectivity index (χ2n) is 8.51. The highest BCUT2D eigenvalue weighted by Crippen LogP contribution is 2.44. The third-order valence-corrected chi connectivity index (χ3v) is 6.49. The predicted octanol–water partition coefficient (Wildman–Crippen LogP) is 6.50. The van der Waals surface area contributed by atoms with Crippen molar-refractivity contribution >= 4 is 54.4 Å². The van der Waals surface area contributed by atoms with Crippen molar-refractivity contribution in [2.24, 2.45) is 0 Å². The molecule has 1 N–H and O–H groups in total. The Morgan fingerprint density at radius 2 is 1.76 bits per heavy atom. The minimum atomic E-state index is -2.27. The molecule has 3 aromatic rings. The maximum Gasteiger partial charge on any atom is 0.355 e. The Morgan fingerprint density at radius 1 is 1.09 bits per heavy atom. The van der Waals surface area contributed by atoms with Crippen molar-refractivity contribution < 1.29 is 23.5 Å². The molecular formula is C24H27Cl2NO5Si. The smallest absolute Gasteiger partial charge is 0.355 e. The summed E-state index contributed by atoms with van der Waals surface area (Å²) in [5, 5.41) is 1.29. The lowest BCUT2D eigenvalue weighted by molar-refractivity contribution is -0.145. The van der Waals surface area contributed by atoms with E-state index in [9.17, 15) is 9.59 Å². The van der Waals surface area contributed by atoms with Gasteiger partial charge in [0.1, 0.15) is 11.6 Å². The van der Waals surface area contributed by atoms with Gasteiger partial charge in [-0.2, -0.15) is 0 Å². The Morgan fingerprint density at radius 3 is 2.33 bits per heavy atom. The maximum absolute atomic E-state index is 13.1. The number of fused-ring (bicyclic) bond motifs is 1. The fourth-order valence-corrected chi connectivity index (χ4v) is 5.43. The van der Waals surface area contributed by atoms with Crippen LogP contribution in [0, 0.1) is 0 Å². The van der Waals surface area contributed by atoms with Crippen LogP contribution in [0.25, 0.3) is 10.9 Å². The molecule has 0 fully saturated rings. The van der Waals surface area contributed by atoms with E-state index < -0.39 is 32.3 Å². The Balaban J connectivity index is 2.38. The zero-order valence-corrected chi connectivity index (χ0v) is 21.7. The molecule has 9 heteroatoms. The number of nitrogens with one attached hydrogen (secondary N) is 1. The standard InChI is InChI=1S/C24H27Cl2NO5Si/c1-6-31-24(29)21-20(19-16(26)12-15(25)13-17(19)27-21)22(32-33(3,4)5)18(23(28)30-2)14-10-8-7-9-11-14/h7-13,18,22,27H,6H2,1-5H3. The van der Waals surface area contributed by atoms with Crippen molar-refractivity contribution in [3.05, 3.63) is 69.3 Å². The van der Waals surface area contributed by atoms with Gasteiger partial charge in [-0.1, -0.05) is 53.5 Å². The summed E-state index contributed by atoms with van der Waals surface area (Å²) in [5.41, 5.74) is 1.86. The van der Waals surface area contributed by atoms with Crippen molar-refractivity contribution in [1.82, 2.24) is 4.98 Å². The van der Waals surface area contributed by atoms with Crippen LogP contribution in [0.4, 0.5) is 0 Å². The van der Waals surface area contributed by atoms with Gasteiger partial charge in [-0.3, -0.25) is 4.79 Å². The van der Waals surface area contributed by atoms with Gasteiger partial charge >= 0.3 is 11.9 Å². The highest BCUT2D eigenvalue weighted by atomic mass is 35.5. The molecule has 33 heavy (non-hydrogen) atoms. The first-order valence-corrected chi connectivity index (χ1v) is 14.7. The molecule has 0 spiro atoms. The van der Waals surface area contributed by atoms with Gasteiger partial charge in [0.15, 0.2) is 8.32 Å². The minimum absolute atomic E-state index is 0.170. The van der Waals surface area contributed by atoms with Gasteiger partial charge in [0.2, 0.25) is 0 Å². The SMILES string of the molecule is CCOC(=O)c1[nH]c2cc(Cl)cc(Cl)c2c1C(O[Si](C)(C)C)C(C(=O)OC)c1ccccc1. The van der Waals surface area contributed by atoms with E-state index in [2.05, 4.69) is 4.98 Å². The first-order chi connectivity index (χ1) is 15.6. The topological polar surface area (TPSA) is 77.6 Å². The van der Waals surface area contributed by atoms with Crippen LogP contribution in [0.1, 0.15) is 40.6 Å². The summed E-state index contributed by atoms with van der Waals surface area (Å²) >= 11 is 12.8. The highest BCUT2D eigenvalue weighted by molar-refractivity contribution is 6.69. The van der Waals surface area contributed by atoms with Crippen molar-refractivity contribution in [3.8, 4) is 0 Å². The molecule has 3 rings (SSSR count). The number of carbonyl (C=O) groups is 2. The van der Waals surface area contributed by atoms with Crippen LogP contribution >= 0.6 is 23.2 Å². The summed E-state index contributed by atoms with van der Waals surface area (Å²) in [7, 11) is -0.934. The Bertz CT molecular complexity index is 1160. The molecule has 2 unspecified atom stereocenters. The summed E-state index contributed by atoms with van der Waals surface area (Å²) in [6, 6.07) is 12.5. The number of aromatic nitrogens is 1. The average molecular weight is 508 g/mol. The fraction of sp³-hybridized carbons (Fsp3) is 0.333. The molecule has 0 aliphatic heterocycles. The quantitative estimate of drug-likeness (QED) is 0.278. The third kappa shape index (κ3) is 5.61. The van der Waals surface area contributed by atoms with Crippen LogP contribution in [0.3, 0.4) is 0 Å². The Labute approximate surface area is 204 Å². The molecule has 0 saturated heterocycles. The number of methoxy groups -OCH3 is 1. The van der Waals surface area contributed by atoms with E-state index in [-0.39, 0.29) is 12.3 Å². The molecule has 1 aromatic heterocycles. The van der Waals surface area contributed by atoms with Gasteiger partial charge in [-0.25, -0.2) is 4.79 Å². The first kappa shape index (κ1) is 25.3. The number of aromatic amines is 1. The van der Waals surface area contributed by atoms with Crippen molar-refractivity contribution in [1.29, 1.82) is 0 Å². The molecule has 6 nitrogen and oxygen atoms in total. The number of halogens is 2. The van der Waals surface area contributed by atoms with Crippen LogP contribution in [0.15, 0.2) is 42.5 Å². The van der Waals surface area contributed by atoms with Gasteiger partial charge < -0.3 is 18.9 Å². The minimum Gasteiger partial charge on any atom is -0.468 e. The van der Waals surface area contributed by atoms with Crippen LogP contribution in [0.5, 0.6) is 0 Å². The molecule has 0 saturated carbocycles. The van der Waals surface area contributed by atoms with Crippen LogP contribution in [0.2, 0.25) is 29.7 Å². The lowest BCUT2D eigenvalue weighted by Gasteiger charge is -2.32. The molecule has 176 valence electrons. The molecule has 0 bridgehead atoms. The summed E-state index contributed by atoms with van der Waals surface area (Å²) in [6.07, 6.45) is -0.863. The van der Waals surface area contributed by atoms with Gasteiger partial charge in [0.25, 0.3) is 0 Å². The maximum atomic E-state index is 13.1. The second kappa shape index (κ2) is 10.3. The number of ether oxygens (including phenoxy) is 2. The molecule has 2 atom stereocenters. The van der Waals surface area contributed by atoms with E-state index in [4.69, 9.17) is 37.1 Å². The number of esters is 2. The molecule has 0 aliphatic rings. The fourth-order valence-electron chi connectivity index (χ4n) is 3.82. The van der Waals surface area contributed by atoms with Crippen LogP contribution in [-0.2, 0) is 18.7 Å². The molecule has 2 aromatic carbocycles. The monoisotopic (exact) mass is 507 g/mol. The Hall–Kier alpha value is -2.32. The lowest BCUT2D eigenvalue weighted by Crippen LogP contribution is -2.34. The summed E-state index contributed by atoms with van der Waals surface area (Å²) in [5.74, 6) is -1.91. The van der Waals surface area contributed by atoms with Gasteiger partial charge in [0.05, 0.1) is 24.8 Å². The molecule has 0 aliphatic carbocycles.